The van der Waals surface area contributed by atoms with Crippen molar-refractivity contribution >= 4 is 10.9 Å². The lowest BCUT2D eigenvalue weighted by Gasteiger charge is -2.24. The first kappa shape index (κ1) is 12.4. The van der Waals surface area contributed by atoms with Crippen molar-refractivity contribution in [1.82, 2.24) is 4.98 Å². The largest absolute Gasteiger partial charge is 0.358 e. The molecule has 1 aromatic heterocycles. The molecule has 104 valence electrons. The van der Waals surface area contributed by atoms with Crippen LogP contribution in [0.1, 0.15) is 29.2 Å². The topological polar surface area (TPSA) is 32.9 Å². The third kappa shape index (κ3) is 2.17. The second kappa shape index (κ2) is 4.88. The van der Waals surface area contributed by atoms with Gasteiger partial charge in [-0.05, 0) is 42.5 Å². The van der Waals surface area contributed by atoms with Gasteiger partial charge in [-0.25, -0.2) is 0 Å². The fourth-order valence-electron chi connectivity index (χ4n) is 3.40. The van der Waals surface area contributed by atoms with Crippen molar-refractivity contribution in [3.05, 3.63) is 81.6 Å². The minimum absolute atomic E-state index is 0.123. The Morgan fingerprint density at radius 1 is 0.952 bits per heavy atom. The second-order valence-corrected chi connectivity index (χ2v) is 5.84. The molecule has 1 unspecified atom stereocenters. The summed E-state index contributed by atoms with van der Waals surface area (Å²) in [7, 11) is 0. The summed E-state index contributed by atoms with van der Waals surface area (Å²) in [5.74, 6) is 0.414. The highest BCUT2D eigenvalue weighted by Crippen LogP contribution is 2.31. The van der Waals surface area contributed by atoms with Gasteiger partial charge in [0.25, 0.3) is 0 Å². The third-order valence-electron chi connectivity index (χ3n) is 4.54. The zero-order valence-corrected chi connectivity index (χ0v) is 11.8. The number of benzene rings is 2. The van der Waals surface area contributed by atoms with Crippen LogP contribution in [0.4, 0.5) is 0 Å². The number of rotatable bonds is 1. The van der Waals surface area contributed by atoms with Crippen molar-refractivity contribution in [3.63, 3.8) is 0 Å². The van der Waals surface area contributed by atoms with E-state index in [1.165, 1.54) is 11.1 Å². The Bertz CT molecular complexity index is 863. The summed E-state index contributed by atoms with van der Waals surface area (Å²) in [5, 5.41) is 0.775. The number of para-hydroxylation sites is 1. The van der Waals surface area contributed by atoms with E-state index in [1.807, 2.05) is 24.3 Å². The minimum Gasteiger partial charge on any atom is -0.358 e. The molecule has 3 aromatic rings. The molecule has 1 heterocycles. The smallest absolute Gasteiger partial charge is 0.189 e. The van der Waals surface area contributed by atoms with Crippen LogP contribution < -0.4 is 5.43 Å². The highest BCUT2D eigenvalue weighted by molar-refractivity contribution is 5.78. The van der Waals surface area contributed by atoms with Crippen LogP contribution in [0.15, 0.2) is 59.4 Å². The van der Waals surface area contributed by atoms with Crippen LogP contribution in [0, 0.1) is 0 Å². The number of hydrogen-bond acceptors (Lipinski definition) is 1. The van der Waals surface area contributed by atoms with Crippen molar-refractivity contribution < 1.29 is 0 Å². The molecule has 2 heteroatoms. The predicted molar refractivity (Wildman–Crippen MR) is 85.8 cm³/mol. The molecule has 1 atom stereocenters. The zero-order chi connectivity index (χ0) is 14.2. The van der Waals surface area contributed by atoms with Gasteiger partial charge in [-0.1, -0.05) is 36.4 Å². The maximum atomic E-state index is 12.3. The zero-order valence-electron chi connectivity index (χ0n) is 11.8. The Balaban J connectivity index is 1.76. The summed E-state index contributed by atoms with van der Waals surface area (Å²) in [5.41, 5.74) is 5.02. The van der Waals surface area contributed by atoms with Gasteiger partial charge >= 0.3 is 0 Å². The summed E-state index contributed by atoms with van der Waals surface area (Å²) in [6.45, 7) is 0. The van der Waals surface area contributed by atoms with Crippen molar-refractivity contribution in [1.29, 1.82) is 0 Å². The second-order valence-electron chi connectivity index (χ2n) is 5.84. The number of pyridine rings is 1. The van der Waals surface area contributed by atoms with E-state index in [0.29, 0.717) is 5.92 Å². The van der Waals surface area contributed by atoms with E-state index in [4.69, 9.17) is 0 Å². The molecule has 1 N–H and O–H groups in total. The Hall–Kier alpha value is -2.35. The molecule has 1 aliphatic carbocycles. The summed E-state index contributed by atoms with van der Waals surface area (Å²) >= 11 is 0. The van der Waals surface area contributed by atoms with Crippen LogP contribution in [0.2, 0.25) is 0 Å². The van der Waals surface area contributed by atoms with Crippen molar-refractivity contribution in [2.24, 2.45) is 0 Å². The van der Waals surface area contributed by atoms with E-state index in [-0.39, 0.29) is 5.43 Å². The van der Waals surface area contributed by atoms with Gasteiger partial charge in [0, 0.05) is 28.6 Å². The number of hydrogen-bond donors (Lipinski definition) is 1. The lowest BCUT2D eigenvalue weighted by Crippen LogP contribution is -2.16. The van der Waals surface area contributed by atoms with Gasteiger partial charge in [-0.15, -0.1) is 0 Å². The van der Waals surface area contributed by atoms with Gasteiger partial charge in [0.1, 0.15) is 0 Å². The van der Waals surface area contributed by atoms with E-state index in [1.54, 1.807) is 6.07 Å². The Morgan fingerprint density at radius 3 is 2.62 bits per heavy atom. The van der Waals surface area contributed by atoms with E-state index >= 15 is 0 Å². The van der Waals surface area contributed by atoms with Gasteiger partial charge in [0.15, 0.2) is 5.43 Å². The fraction of sp³-hybridized carbons (Fsp3) is 0.211. The lowest BCUT2D eigenvalue weighted by atomic mass is 9.82. The number of aromatic nitrogens is 1. The molecule has 0 aliphatic heterocycles. The number of H-pyrrole nitrogens is 1. The Labute approximate surface area is 123 Å². The van der Waals surface area contributed by atoms with Crippen molar-refractivity contribution in [2.45, 2.75) is 25.2 Å². The van der Waals surface area contributed by atoms with Crippen LogP contribution in [0.5, 0.6) is 0 Å². The molecule has 4 rings (SSSR count). The van der Waals surface area contributed by atoms with E-state index in [0.717, 1.165) is 35.9 Å². The highest BCUT2D eigenvalue weighted by Gasteiger charge is 2.21. The molecule has 21 heavy (non-hydrogen) atoms. The van der Waals surface area contributed by atoms with Gasteiger partial charge in [0.2, 0.25) is 0 Å². The molecule has 2 nitrogen and oxygen atoms in total. The van der Waals surface area contributed by atoms with Crippen LogP contribution >= 0.6 is 0 Å². The molecule has 0 fully saturated rings. The van der Waals surface area contributed by atoms with Crippen molar-refractivity contribution in [3.8, 4) is 0 Å². The lowest BCUT2D eigenvalue weighted by molar-refractivity contribution is 0.572. The monoisotopic (exact) mass is 275 g/mol. The van der Waals surface area contributed by atoms with Gasteiger partial charge < -0.3 is 4.98 Å². The Kier molecular flexibility index (Phi) is 2.88. The number of nitrogens with one attached hydrogen (secondary N) is 1. The molecule has 0 radical (unpaired) electrons. The van der Waals surface area contributed by atoms with Crippen LogP contribution in [0.25, 0.3) is 10.9 Å². The summed E-state index contributed by atoms with van der Waals surface area (Å²) < 4.78 is 0. The molecule has 0 saturated carbocycles. The summed E-state index contributed by atoms with van der Waals surface area (Å²) in [4.78, 5) is 15.7. The highest BCUT2D eigenvalue weighted by atomic mass is 16.1. The molecule has 0 amide bonds. The third-order valence-corrected chi connectivity index (χ3v) is 4.54. The standard InChI is InChI=1S/C19H17NO/c21-19-12-18(20-17-8-4-3-7-16(17)19)15-10-9-13-5-1-2-6-14(13)11-15/h1-8,12,15H,9-11H2,(H,20,21). The quantitative estimate of drug-likeness (QED) is 0.720. The normalized spacial score (nSPS) is 17.6. The van der Waals surface area contributed by atoms with Crippen molar-refractivity contribution in [2.75, 3.05) is 0 Å². The van der Waals surface area contributed by atoms with Crippen LogP contribution in [-0.2, 0) is 12.8 Å². The first-order chi connectivity index (χ1) is 10.3. The number of aryl methyl sites for hydroxylation is 1. The molecule has 0 bridgehead atoms. The first-order valence-electron chi connectivity index (χ1n) is 7.50. The molecule has 0 saturated heterocycles. The molecule has 2 aromatic carbocycles. The van der Waals surface area contributed by atoms with Gasteiger partial charge in [-0.2, -0.15) is 0 Å². The minimum atomic E-state index is 0.123. The number of aromatic amines is 1. The molecule has 0 spiro atoms. The molecular weight excluding hydrogens is 258 g/mol. The van der Waals surface area contributed by atoms with E-state index in [2.05, 4.69) is 29.2 Å². The van der Waals surface area contributed by atoms with Gasteiger partial charge in [-0.3, -0.25) is 4.79 Å². The fourth-order valence-corrected chi connectivity index (χ4v) is 3.40. The Morgan fingerprint density at radius 2 is 1.71 bits per heavy atom. The maximum Gasteiger partial charge on any atom is 0.189 e. The molecular formula is C19H17NO. The number of fused-ring (bicyclic) bond motifs is 2. The average molecular weight is 275 g/mol. The van der Waals surface area contributed by atoms with Crippen LogP contribution in [-0.4, -0.2) is 4.98 Å². The van der Waals surface area contributed by atoms with E-state index in [9.17, 15) is 4.79 Å². The summed E-state index contributed by atoms with van der Waals surface area (Å²) in [6.07, 6.45) is 3.21. The van der Waals surface area contributed by atoms with Crippen LogP contribution in [0.3, 0.4) is 0 Å². The summed E-state index contributed by atoms with van der Waals surface area (Å²) in [6, 6.07) is 18.2. The van der Waals surface area contributed by atoms with E-state index < -0.39 is 0 Å². The molecule has 1 aliphatic rings. The van der Waals surface area contributed by atoms with Gasteiger partial charge in [0.05, 0.1) is 0 Å². The first-order valence-corrected chi connectivity index (χ1v) is 7.50. The average Bonchev–Trinajstić information content (AvgIpc) is 2.54. The predicted octanol–water partition coefficient (Wildman–Crippen LogP) is 3.80. The maximum absolute atomic E-state index is 12.3. The SMILES string of the molecule is O=c1cc(C2CCc3ccccc3C2)[nH]c2ccccc12.